The monoisotopic (exact) mass is 605 g/mol. The summed E-state index contributed by atoms with van der Waals surface area (Å²) in [5, 5.41) is 9.68. The number of methoxy groups -OCH3 is 1. The number of anilines is 2. The SMILES string of the molecule is COc1ncc(-c2nc(N3CCOCC3)nc3c(CN4CCN(C(=O)[C@H](C)O)CC4)c(C)sc23)cc1NS(C)(=O)=O. The third-order valence-corrected chi connectivity index (χ3v) is 8.88. The average molecular weight is 606 g/mol. The molecule has 5 heterocycles. The van der Waals surface area contributed by atoms with E-state index in [-0.39, 0.29) is 17.5 Å². The minimum Gasteiger partial charge on any atom is -0.480 e. The molecule has 1 atom stereocenters. The number of hydrogen-bond donors (Lipinski definition) is 2. The minimum atomic E-state index is -3.58. The van der Waals surface area contributed by atoms with Crippen LogP contribution >= 0.6 is 11.3 Å². The van der Waals surface area contributed by atoms with Crippen LogP contribution in [0.15, 0.2) is 12.3 Å². The number of hydrogen-bond acceptors (Lipinski definition) is 12. The van der Waals surface area contributed by atoms with Gasteiger partial charge in [0, 0.05) is 68.0 Å². The Morgan fingerprint density at radius 2 is 1.90 bits per heavy atom. The fourth-order valence-electron chi connectivity index (χ4n) is 5.04. The standard InChI is InChI=1S/C26H35N7O6S2/c1-16(34)25(35)32-7-5-31(6-8-32)15-19-17(2)40-23-21(28-26(29-22(19)23)33-9-11-39-12-10-33)18-13-20(30-41(4,36)37)24(38-3)27-14-18/h13-14,16,30,34H,5-12,15H2,1-4H3/t16-/m0/s1. The van der Waals surface area contributed by atoms with Crippen LogP contribution in [0.25, 0.3) is 21.5 Å². The molecular weight excluding hydrogens is 570 g/mol. The van der Waals surface area contributed by atoms with Crippen LogP contribution in [-0.2, 0) is 26.1 Å². The number of rotatable bonds is 8. The van der Waals surface area contributed by atoms with Crippen LogP contribution in [0.3, 0.4) is 0 Å². The molecule has 41 heavy (non-hydrogen) atoms. The van der Waals surface area contributed by atoms with Gasteiger partial charge in [0.15, 0.2) is 0 Å². The van der Waals surface area contributed by atoms with Gasteiger partial charge in [-0.3, -0.25) is 14.4 Å². The highest BCUT2D eigenvalue weighted by molar-refractivity contribution is 7.92. The number of sulfonamides is 1. The van der Waals surface area contributed by atoms with Crippen LogP contribution in [0.2, 0.25) is 0 Å². The summed E-state index contributed by atoms with van der Waals surface area (Å²) in [6.45, 7) is 9.17. The largest absolute Gasteiger partial charge is 0.480 e. The van der Waals surface area contributed by atoms with Gasteiger partial charge in [-0.2, -0.15) is 0 Å². The first kappa shape index (κ1) is 29.4. The molecule has 0 saturated carbocycles. The first-order valence-electron chi connectivity index (χ1n) is 13.4. The third kappa shape index (κ3) is 6.54. The van der Waals surface area contributed by atoms with Gasteiger partial charge >= 0.3 is 0 Å². The number of carbonyl (C=O) groups is 1. The molecule has 5 rings (SSSR count). The molecule has 3 aromatic rings. The predicted molar refractivity (Wildman–Crippen MR) is 157 cm³/mol. The van der Waals surface area contributed by atoms with Crippen molar-refractivity contribution < 1.29 is 27.8 Å². The number of fused-ring (bicyclic) bond motifs is 1. The fraction of sp³-hybridized carbons (Fsp3) is 0.538. The first-order valence-corrected chi connectivity index (χ1v) is 16.1. The molecule has 2 aliphatic heterocycles. The summed E-state index contributed by atoms with van der Waals surface area (Å²) in [6.07, 6.45) is 1.71. The van der Waals surface area contributed by atoms with Crippen molar-refractivity contribution in [3.8, 4) is 17.1 Å². The Bertz CT molecular complexity index is 1530. The van der Waals surface area contributed by atoms with Gasteiger partial charge in [-0.15, -0.1) is 11.3 Å². The van der Waals surface area contributed by atoms with E-state index < -0.39 is 16.1 Å². The van der Waals surface area contributed by atoms with E-state index in [4.69, 9.17) is 19.4 Å². The second-order valence-corrected chi connectivity index (χ2v) is 13.2. The summed E-state index contributed by atoms with van der Waals surface area (Å²) in [4.78, 5) is 33.8. The fourth-order valence-corrected chi connectivity index (χ4v) is 6.70. The van der Waals surface area contributed by atoms with E-state index in [9.17, 15) is 18.3 Å². The van der Waals surface area contributed by atoms with Crippen molar-refractivity contribution in [3.05, 3.63) is 22.7 Å². The summed E-state index contributed by atoms with van der Waals surface area (Å²) in [7, 11) is -2.14. The Morgan fingerprint density at radius 3 is 2.54 bits per heavy atom. The van der Waals surface area contributed by atoms with E-state index in [1.807, 2.05) is 0 Å². The molecule has 15 heteroatoms. The molecule has 222 valence electrons. The van der Waals surface area contributed by atoms with E-state index in [1.54, 1.807) is 28.5 Å². The number of aryl methyl sites for hydroxylation is 1. The normalized spacial score (nSPS) is 17.6. The molecule has 0 aromatic carbocycles. The third-order valence-electron chi connectivity index (χ3n) is 7.15. The summed E-state index contributed by atoms with van der Waals surface area (Å²) < 4.78 is 38.3. The molecule has 2 N–H and O–H groups in total. The maximum Gasteiger partial charge on any atom is 0.251 e. The second kappa shape index (κ2) is 12.0. The lowest BCUT2D eigenvalue weighted by Crippen LogP contribution is -2.50. The zero-order valence-electron chi connectivity index (χ0n) is 23.6. The number of amides is 1. The molecule has 13 nitrogen and oxygen atoms in total. The van der Waals surface area contributed by atoms with Gasteiger partial charge in [0.1, 0.15) is 11.8 Å². The number of thiophene rings is 1. The first-order chi connectivity index (χ1) is 19.5. The van der Waals surface area contributed by atoms with E-state index >= 15 is 0 Å². The molecule has 0 spiro atoms. The number of nitrogens with one attached hydrogen (secondary N) is 1. The molecule has 0 aliphatic carbocycles. The molecular formula is C26H35N7O6S2. The Balaban J connectivity index is 1.55. The van der Waals surface area contributed by atoms with Gasteiger partial charge in [0.05, 0.1) is 42.5 Å². The maximum absolute atomic E-state index is 12.2. The maximum atomic E-state index is 12.2. The molecule has 2 fully saturated rings. The Labute approximate surface area is 243 Å². The van der Waals surface area contributed by atoms with Crippen LogP contribution in [0.4, 0.5) is 11.6 Å². The molecule has 0 bridgehead atoms. The number of morpholine rings is 1. The van der Waals surface area contributed by atoms with Crippen molar-refractivity contribution >= 4 is 49.1 Å². The molecule has 2 saturated heterocycles. The number of aliphatic hydroxyl groups excluding tert-OH is 1. The van der Waals surface area contributed by atoms with Crippen molar-refractivity contribution in [2.24, 2.45) is 0 Å². The number of nitrogens with zero attached hydrogens (tertiary/aromatic N) is 6. The molecule has 2 aliphatic rings. The van der Waals surface area contributed by atoms with Crippen molar-refractivity contribution in [2.45, 2.75) is 26.5 Å². The molecule has 3 aromatic heterocycles. The van der Waals surface area contributed by atoms with Crippen LogP contribution in [0, 0.1) is 6.92 Å². The van der Waals surface area contributed by atoms with Crippen molar-refractivity contribution in [1.82, 2.24) is 24.8 Å². The van der Waals surface area contributed by atoms with Crippen LogP contribution in [0.5, 0.6) is 5.88 Å². The van der Waals surface area contributed by atoms with Gasteiger partial charge in [0.2, 0.25) is 21.9 Å². The highest BCUT2D eigenvalue weighted by Crippen LogP contribution is 2.39. The Morgan fingerprint density at radius 1 is 1.20 bits per heavy atom. The topological polar surface area (TPSA) is 150 Å². The van der Waals surface area contributed by atoms with Crippen molar-refractivity contribution in [3.63, 3.8) is 0 Å². The zero-order valence-corrected chi connectivity index (χ0v) is 25.2. The minimum absolute atomic E-state index is 0.161. The van der Waals surface area contributed by atoms with Gasteiger partial charge in [-0.1, -0.05) is 0 Å². The summed E-state index contributed by atoms with van der Waals surface area (Å²) in [5.74, 6) is 0.497. The molecule has 0 unspecified atom stereocenters. The number of ether oxygens (including phenoxy) is 2. The van der Waals surface area contributed by atoms with Crippen molar-refractivity contribution in [1.29, 1.82) is 0 Å². The average Bonchev–Trinajstić information content (AvgIpc) is 3.26. The highest BCUT2D eigenvalue weighted by atomic mass is 32.2. The van der Waals surface area contributed by atoms with E-state index in [0.29, 0.717) is 76.2 Å². The smallest absolute Gasteiger partial charge is 0.251 e. The Hall–Kier alpha value is -3.11. The summed E-state index contributed by atoms with van der Waals surface area (Å²) >= 11 is 1.59. The molecule has 0 radical (unpaired) electrons. The number of pyridine rings is 1. The van der Waals surface area contributed by atoms with Crippen molar-refractivity contribution in [2.75, 3.05) is 75.5 Å². The number of aromatic nitrogens is 3. The number of aliphatic hydroxyl groups is 1. The van der Waals surface area contributed by atoms with Gasteiger partial charge < -0.3 is 24.4 Å². The van der Waals surface area contributed by atoms with E-state index in [1.165, 1.54) is 14.0 Å². The van der Waals surface area contributed by atoms with Crippen LogP contribution < -0.4 is 14.4 Å². The van der Waals surface area contributed by atoms with E-state index in [2.05, 4.69) is 26.4 Å². The summed E-state index contributed by atoms with van der Waals surface area (Å²) in [6, 6.07) is 1.69. The summed E-state index contributed by atoms with van der Waals surface area (Å²) in [5.41, 5.74) is 3.46. The van der Waals surface area contributed by atoms with Gasteiger partial charge in [-0.25, -0.2) is 23.4 Å². The highest BCUT2D eigenvalue weighted by Gasteiger charge is 2.27. The van der Waals surface area contributed by atoms with Crippen LogP contribution in [0.1, 0.15) is 17.4 Å². The van der Waals surface area contributed by atoms with E-state index in [0.717, 1.165) is 26.9 Å². The van der Waals surface area contributed by atoms with Gasteiger partial charge in [-0.05, 0) is 19.9 Å². The molecule has 1 amide bonds. The second-order valence-electron chi connectivity index (χ2n) is 10.2. The number of carbonyl (C=O) groups excluding carboxylic acids is 1. The quantitative estimate of drug-likeness (QED) is 0.383. The van der Waals surface area contributed by atoms with Crippen LogP contribution in [-0.4, -0.2) is 116 Å². The zero-order chi connectivity index (χ0) is 29.3. The van der Waals surface area contributed by atoms with Gasteiger partial charge in [0.25, 0.3) is 5.91 Å². The predicted octanol–water partition coefficient (Wildman–Crippen LogP) is 1.30. The number of piperazine rings is 1. The Kier molecular flexibility index (Phi) is 8.61. The lowest BCUT2D eigenvalue weighted by molar-refractivity contribution is -0.141. The lowest BCUT2D eigenvalue weighted by Gasteiger charge is -2.35. The lowest BCUT2D eigenvalue weighted by atomic mass is 10.1.